The van der Waals surface area contributed by atoms with Crippen LogP contribution in [0, 0.1) is 0 Å². The minimum absolute atomic E-state index is 0.0644. The van der Waals surface area contributed by atoms with E-state index in [1.54, 1.807) is 31.4 Å². The third-order valence-electron chi connectivity index (χ3n) is 3.06. The summed E-state index contributed by atoms with van der Waals surface area (Å²) < 4.78 is 10.6. The first kappa shape index (κ1) is 15.5. The Morgan fingerprint density at radius 3 is 2.48 bits per heavy atom. The fraction of sp³-hybridized carbons (Fsp3) is 0.235. The van der Waals surface area contributed by atoms with Crippen molar-refractivity contribution in [2.45, 2.75) is 13.0 Å². The van der Waals surface area contributed by atoms with E-state index in [0.717, 1.165) is 5.56 Å². The summed E-state index contributed by atoms with van der Waals surface area (Å²) in [5.74, 6) is 0.771. The van der Waals surface area contributed by atoms with E-state index in [4.69, 9.17) is 21.1 Å². The molecule has 4 heteroatoms. The Bertz CT molecular complexity index is 593. The normalized spacial score (nSPS) is 10.4. The van der Waals surface area contributed by atoms with E-state index < -0.39 is 0 Å². The summed E-state index contributed by atoms with van der Waals surface area (Å²) in [6.07, 6.45) is 0.385. The van der Waals surface area contributed by atoms with Crippen molar-refractivity contribution < 1.29 is 14.3 Å². The molecule has 2 aromatic rings. The van der Waals surface area contributed by atoms with Crippen molar-refractivity contribution in [3.63, 3.8) is 0 Å². The highest BCUT2D eigenvalue weighted by Gasteiger charge is 2.06. The van der Waals surface area contributed by atoms with E-state index >= 15 is 0 Å². The minimum atomic E-state index is 0.0644. The van der Waals surface area contributed by atoms with Gasteiger partial charge in [-0.1, -0.05) is 29.8 Å². The van der Waals surface area contributed by atoms with Gasteiger partial charge in [0.1, 0.15) is 12.4 Å². The summed E-state index contributed by atoms with van der Waals surface area (Å²) in [5.41, 5.74) is 1.59. The molecule has 0 amide bonds. The first-order valence-corrected chi connectivity index (χ1v) is 7.07. The maximum atomic E-state index is 11.8. The van der Waals surface area contributed by atoms with Crippen molar-refractivity contribution in [3.05, 3.63) is 64.7 Å². The number of ketones is 1. The molecule has 0 aliphatic carbocycles. The largest absolute Gasteiger partial charge is 0.489 e. The second-order valence-corrected chi connectivity index (χ2v) is 4.98. The summed E-state index contributed by atoms with van der Waals surface area (Å²) in [6.45, 7) is 0.834. The number of rotatable bonds is 7. The highest BCUT2D eigenvalue weighted by atomic mass is 35.5. The lowest BCUT2D eigenvalue weighted by Gasteiger charge is -2.08. The molecule has 21 heavy (non-hydrogen) atoms. The van der Waals surface area contributed by atoms with Crippen molar-refractivity contribution in [2.24, 2.45) is 0 Å². The van der Waals surface area contributed by atoms with Gasteiger partial charge in [0.25, 0.3) is 0 Å². The molecule has 0 aromatic heterocycles. The van der Waals surface area contributed by atoms with Gasteiger partial charge in [-0.15, -0.1) is 0 Å². The average Bonchev–Trinajstić information content (AvgIpc) is 2.52. The second-order valence-electron chi connectivity index (χ2n) is 4.57. The monoisotopic (exact) mass is 304 g/mol. The zero-order chi connectivity index (χ0) is 15.1. The van der Waals surface area contributed by atoms with Gasteiger partial charge >= 0.3 is 0 Å². The fourth-order valence-electron chi connectivity index (χ4n) is 1.85. The molecule has 0 atom stereocenters. The van der Waals surface area contributed by atoms with E-state index in [9.17, 15) is 4.79 Å². The minimum Gasteiger partial charge on any atom is -0.489 e. The van der Waals surface area contributed by atoms with Crippen LogP contribution in [0.1, 0.15) is 22.3 Å². The fourth-order valence-corrected chi connectivity index (χ4v) is 2.04. The van der Waals surface area contributed by atoms with Crippen LogP contribution in [-0.4, -0.2) is 19.5 Å². The van der Waals surface area contributed by atoms with Crippen LogP contribution in [0.2, 0.25) is 5.02 Å². The van der Waals surface area contributed by atoms with Crippen molar-refractivity contribution >= 4 is 17.4 Å². The number of hydrogen-bond donors (Lipinski definition) is 0. The van der Waals surface area contributed by atoms with Crippen LogP contribution in [0.4, 0.5) is 0 Å². The zero-order valence-electron chi connectivity index (χ0n) is 11.8. The Hall–Kier alpha value is -1.84. The van der Waals surface area contributed by atoms with Gasteiger partial charge in [-0.2, -0.15) is 0 Å². The quantitative estimate of drug-likeness (QED) is 0.721. The van der Waals surface area contributed by atoms with Gasteiger partial charge in [0.05, 0.1) is 6.61 Å². The summed E-state index contributed by atoms with van der Waals surface area (Å²) >= 11 is 6.07. The molecule has 0 bridgehead atoms. The Morgan fingerprint density at radius 2 is 1.81 bits per heavy atom. The standard InChI is InChI=1S/C17H17ClO3/c1-20-11-10-17(19)13-6-8-15(9-7-13)21-12-14-4-2-3-5-16(14)18/h2-9H,10-12H2,1H3. The molecule has 0 saturated heterocycles. The molecule has 2 rings (SSSR count). The molecule has 0 spiro atoms. The van der Waals surface area contributed by atoms with Gasteiger partial charge in [-0.3, -0.25) is 4.79 Å². The van der Waals surface area contributed by atoms with Crippen LogP contribution in [-0.2, 0) is 11.3 Å². The SMILES string of the molecule is COCCC(=O)c1ccc(OCc2ccccc2Cl)cc1. The van der Waals surface area contributed by atoms with Gasteiger partial charge in [0.15, 0.2) is 5.78 Å². The van der Waals surface area contributed by atoms with Gasteiger partial charge < -0.3 is 9.47 Å². The molecule has 0 aliphatic rings. The van der Waals surface area contributed by atoms with Crippen LogP contribution in [0.5, 0.6) is 5.75 Å². The Morgan fingerprint density at radius 1 is 1.10 bits per heavy atom. The van der Waals surface area contributed by atoms with Gasteiger partial charge in [-0.25, -0.2) is 0 Å². The number of carbonyl (C=O) groups is 1. The topological polar surface area (TPSA) is 35.5 Å². The molecule has 0 unspecified atom stereocenters. The maximum absolute atomic E-state index is 11.8. The van der Waals surface area contributed by atoms with E-state index in [0.29, 0.717) is 36.0 Å². The van der Waals surface area contributed by atoms with Crippen LogP contribution >= 0.6 is 11.6 Å². The molecule has 0 radical (unpaired) electrons. The van der Waals surface area contributed by atoms with Crippen molar-refractivity contribution in [1.29, 1.82) is 0 Å². The van der Waals surface area contributed by atoms with Crippen LogP contribution in [0.3, 0.4) is 0 Å². The summed E-state index contributed by atoms with van der Waals surface area (Å²) in [7, 11) is 1.58. The van der Waals surface area contributed by atoms with E-state index in [1.165, 1.54) is 0 Å². The highest BCUT2D eigenvalue weighted by Crippen LogP contribution is 2.19. The lowest BCUT2D eigenvalue weighted by Crippen LogP contribution is -2.03. The first-order valence-electron chi connectivity index (χ1n) is 6.69. The summed E-state index contributed by atoms with van der Waals surface area (Å²) in [4.78, 5) is 11.8. The maximum Gasteiger partial charge on any atom is 0.165 e. The number of Topliss-reactive ketones (excluding diaryl/α,β-unsaturated/α-hetero) is 1. The Labute approximate surface area is 129 Å². The van der Waals surface area contributed by atoms with E-state index in [2.05, 4.69) is 0 Å². The van der Waals surface area contributed by atoms with Crippen molar-refractivity contribution in [3.8, 4) is 5.75 Å². The number of hydrogen-bond acceptors (Lipinski definition) is 3. The number of carbonyl (C=O) groups excluding carboxylic acids is 1. The molecule has 0 fully saturated rings. The lowest BCUT2D eigenvalue weighted by molar-refractivity contribution is 0.0932. The van der Waals surface area contributed by atoms with Gasteiger partial charge in [-0.05, 0) is 30.3 Å². The number of halogens is 1. The van der Waals surface area contributed by atoms with Crippen molar-refractivity contribution in [1.82, 2.24) is 0 Å². The molecular formula is C17H17ClO3. The molecule has 0 aliphatic heterocycles. The van der Waals surface area contributed by atoms with Gasteiger partial charge in [0, 0.05) is 29.7 Å². The van der Waals surface area contributed by atoms with Crippen molar-refractivity contribution in [2.75, 3.05) is 13.7 Å². The van der Waals surface area contributed by atoms with Crippen LogP contribution in [0.15, 0.2) is 48.5 Å². The molecule has 110 valence electrons. The Balaban J connectivity index is 1.93. The van der Waals surface area contributed by atoms with Crippen LogP contribution in [0.25, 0.3) is 0 Å². The smallest absolute Gasteiger partial charge is 0.165 e. The Kier molecular flexibility index (Phi) is 5.78. The predicted molar refractivity (Wildman–Crippen MR) is 83.0 cm³/mol. The molecule has 0 heterocycles. The third-order valence-corrected chi connectivity index (χ3v) is 3.43. The molecular weight excluding hydrogens is 288 g/mol. The highest BCUT2D eigenvalue weighted by molar-refractivity contribution is 6.31. The first-order chi connectivity index (χ1) is 10.2. The van der Waals surface area contributed by atoms with E-state index in [1.807, 2.05) is 24.3 Å². The van der Waals surface area contributed by atoms with E-state index in [-0.39, 0.29) is 5.78 Å². The molecule has 0 N–H and O–H groups in total. The average molecular weight is 305 g/mol. The number of methoxy groups -OCH3 is 1. The zero-order valence-corrected chi connectivity index (χ0v) is 12.6. The third kappa shape index (κ3) is 4.59. The molecule has 3 nitrogen and oxygen atoms in total. The number of ether oxygens (including phenoxy) is 2. The molecule has 0 saturated carbocycles. The number of benzene rings is 2. The van der Waals surface area contributed by atoms with Gasteiger partial charge in [0.2, 0.25) is 0 Å². The predicted octanol–water partition coefficient (Wildman–Crippen LogP) is 4.14. The van der Waals surface area contributed by atoms with Crippen LogP contribution < -0.4 is 4.74 Å². The summed E-state index contributed by atoms with van der Waals surface area (Å²) in [5, 5.41) is 0.684. The second kappa shape index (κ2) is 7.81. The summed E-state index contributed by atoms with van der Waals surface area (Å²) in [6, 6.07) is 14.7. The lowest BCUT2D eigenvalue weighted by atomic mass is 10.1. The molecule has 2 aromatic carbocycles.